The lowest BCUT2D eigenvalue weighted by atomic mass is 9.69. The van der Waals surface area contributed by atoms with Gasteiger partial charge in [-0.2, -0.15) is 0 Å². The number of nitrogens with zero attached hydrogens (tertiary/aromatic N) is 2. The molecular weight excluding hydrogens is 659 g/mol. The summed E-state index contributed by atoms with van der Waals surface area (Å²) in [6.07, 6.45) is 5.45. The fraction of sp³-hybridized carbons (Fsp3) is 0.324. The Balaban J connectivity index is 1.31. The molecule has 1 N–H and O–H groups in total. The zero-order valence-electron chi connectivity index (χ0n) is 24.0. The van der Waals surface area contributed by atoms with Crippen LogP contribution in [-0.2, 0) is 14.3 Å². The summed E-state index contributed by atoms with van der Waals surface area (Å²) in [4.78, 5) is 32.1. The van der Waals surface area contributed by atoms with E-state index in [-0.39, 0.29) is 35.5 Å². The summed E-state index contributed by atoms with van der Waals surface area (Å²) in [5.74, 6) is 0.132. The van der Waals surface area contributed by atoms with Gasteiger partial charge in [0, 0.05) is 19.2 Å². The monoisotopic (exact) mass is 692 g/mol. The lowest BCUT2D eigenvalue weighted by Gasteiger charge is -2.31. The molecule has 2 aromatic carbocycles. The van der Waals surface area contributed by atoms with Gasteiger partial charge in [-0.1, -0.05) is 24.3 Å². The number of hydrogen-bond donors (Lipinski definition) is 1. The lowest BCUT2D eigenvalue weighted by molar-refractivity contribution is -0.138. The number of carbonyl (C=O) groups excluding carboxylic acids is 2. The van der Waals surface area contributed by atoms with Gasteiger partial charge < -0.3 is 19.3 Å². The van der Waals surface area contributed by atoms with E-state index in [1.165, 1.54) is 12.0 Å². The normalized spacial score (nSPS) is 23.4. The molecule has 4 atom stereocenters. The van der Waals surface area contributed by atoms with Gasteiger partial charge in [-0.05, 0) is 107 Å². The van der Waals surface area contributed by atoms with Crippen LogP contribution in [0.4, 0.5) is 0 Å². The first-order valence-electron chi connectivity index (χ1n) is 14.4. The Labute approximate surface area is 264 Å². The molecule has 0 bridgehead atoms. The maximum absolute atomic E-state index is 13.2. The third kappa shape index (κ3) is 5.80. The average molecular weight is 693 g/mol. The van der Waals surface area contributed by atoms with Crippen LogP contribution < -0.4 is 9.47 Å². The van der Waals surface area contributed by atoms with Crippen LogP contribution >= 0.6 is 22.6 Å². The number of likely N-dealkylation sites (tertiary alicyclic amines) is 1. The molecule has 8 nitrogen and oxygen atoms in total. The van der Waals surface area contributed by atoms with Gasteiger partial charge in [0.2, 0.25) is 11.8 Å². The second kappa shape index (κ2) is 12.5. The molecular formula is C34H33IN2O6. The highest BCUT2D eigenvalue weighted by Crippen LogP contribution is 2.50. The van der Waals surface area contributed by atoms with E-state index in [2.05, 4.69) is 33.7 Å². The zero-order valence-corrected chi connectivity index (χ0v) is 26.2. The summed E-state index contributed by atoms with van der Waals surface area (Å²) < 4.78 is 18.7. The molecule has 3 heterocycles. The maximum Gasteiger partial charge on any atom is 0.233 e. The maximum atomic E-state index is 13.2. The Kier molecular flexibility index (Phi) is 8.54. The number of amides is 2. The standard InChI is InChI=1S/C34H33IN2O6/c1-37-33(39)24-17-22(18-42-23-8-4-3-5-9-23)30-25(31(24)34(37)40)19-43-28(30)12-11-21(27-10-6-7-13-36-27)14-20-15-26(35)32(38)29(16-20)41-2/h3-10,13-16,24-25,28,31,38H,11-12,17-19H2,1-2H3/b21-14-/t24-,25+,28-,31-/m1/s1. The summed E-state index contributed by atoms with van der Waals surface area (Å²) in [5.41, 5.74) is 4.91. The van der Waals surface area contributed by atoms with Gasteiger partial charge in [-0.25, -0.2) is 0 Å². The van der Waals surface area contributed by atoms with Gasteiger partial charge in [0.05, 0.1) is 40.9 Å². The zero-order chi connectivity index (χ0) is 30.1. The highest BCUT2D eigenvalue weighted by Gasteiger charge is 2.56. The molecule has 2 fully saturated rings. The fourth-order valence-corrected chi connectivity index (χ4v) is 7.22. The van der Waals surface area contributed by atoms with Crippen LogP contribution in [0.1, 0.15) is 30.5 Å². The van der Waals surface area contributed by atoms with E-state index in [0.717, 1.165) is 33.7 Å². The second-order valence-corrected chi connectivity index (χ2v) is 12.3. The number of rotatable bonds is 9. The molecule has 0 saturated carbocycles. The van der Waals surface area contributed by atoms with E-state index in [4.69, 9.17) is 14.2 Å². The molecule has 1 aromatic heterocycles. The van der Waals surface area contributed by atoms with Gasteiger partial charge in [0.25, 0.3) is 0 Å². The molecule has 3 aromatic rings. The number of ether oxygens (including phenoxy) is 3. The molecule has 0 spiro atoms. The van der Waals surface area contributed by atoms with Gasteiger partial charge >= 0.3 is 0 Å². The largest absolute Gasteiger partial charge is 0.504 e. The second-order valence-electron chi connectivity index (χ2n) is 11.1. The molecule has 222 valence electrons. The molecule has 2 amide bonds. The number of aromatic hydroxyl groups is 1. The van der Waals surface area contributed by atoms with Crippen LogP contribution in [-0.4, -0.2) is 60.3 Å². The predicted molar refractivity (Wildman–Crippen MR) is 170 cm³/mol. The summed E-state index contributed by atoms with van der Waals surface area (Å²) in [7, 11) is 3.12. The van der Waals surface area contributed by atoms with E-state index in [1.54, 1.807) is 13.2 Å². The van der Waals surface area contributed by atoms with Crippen LogP contribution in [0.2, 0.25) is 0 Å². The summed E-state index contributed by atoms with van der Waals surface area (Å²) in [5, 5.41) is 10.3. The number of pyridine rings is 1. The minimum atomic E-state index is -0.393. The molecule has 9 heteroatoms. The van der Waals surface area contributed by atoms with Gasteiger partial charge in [0.15, 0.2) is 11.5 Å². The van der Waals surface area contributed by atoms with Crippen molar-refractivity contribution in [2.45, 2.75) is 25.4 Å². The van der Waals surface area contributed by atoms with E-state index < -0.39 is 5.92 Å². The van der Waals surface area contributed by atoms with Crippen LogP contribution in [0.15, 0.2) is 78.0 Å². The van der Waals surface area contributed by atoms with Crippen molar-refractivity contribution in [3.8, 4) is 17.2 Å². The number of phenols is 1. The molecule has 43 heavy (non-hydrogen) atoms. The number of phenolic OH excluding ortho intramolecular Hbond substituents is 1. The number of allylic oxidation sites excluding steroid dienone is 1. The molecule has 6 rings (SSSR count). The van der Waals surface area contributed by atoms with E-state index in [1.807, 2.05) is 60.7 Å². The van der Waals surface area contributed by atoms with Crippen molar-refractivity contribution in [2.75, 3.05) is 27.4 Å². The van der Waals surface area contributed by atoms with Crippen molar-refractivity contribution in [2.24, 2.45) is 17.8 Å². The Bertz CT molecular complexity index is 1590. The smallest absolute Gasteiger partial charge is 0.233 e. The van der Waals surface area contributed by atoms with Gasteiger partial charge in [-0.3, -0.25) is 19.5 Å². The summed E-state index contributed by atoms with van der Waals surface area (Å²) in [6.45, 7) is 0.748. The molecule has 2 saturated heterocycles. The molecule has 0 unspecified atom stereocenters. The van der Waals surface area contributed by atoms with Crippen LogP contribution in [0.25, 0.3) is 11.6 Å². The number of imide groups is 1. The molecule has 3 aliphatic rings. The predicted octanol–water partition coefficient (Wildman–Crippen LogP) is 5.75. The average Bonchev–Trinajstić information content (AvgIpc) is 3.55. The minimum Gasteiger partial charge on any atom is -0.504 e. The van der Waals surface area contributed by atoms with Crippen molar-refractivity contribution in [1.82, 2.24) is 9.88 Å². The van der Waals surface area contributed by atoms with E-state index in [9.17, 15) is 14.7 Å². The highest BCUT2D eigenvalue weighted by atomic mass is 127. The van der Waals surface area contributed by atoms with Crippen molar-refractivity contribution < 1.29 is 28.9 Å². The molecule has 1 aliphatic carbocycles. The van der Waals surface area contributed by atoms with Crippen molar-refractivity contribution in [1.29, 1.82) is 0 Å². The van der Waals surface area contributed by atoms with Crippen molar-refractivity contribution in [3.63, 3.8) is 0 Å². The van der Waals surface area contributed by atoms with Crippen molar-refractivity contribution >= 4 is 46.1 Å². The molecule has 0 radical (unpaired) electrons. The van der Waals surface area contributed by atoms with Gasteiger partial charge in [-0.15, -0.1) is 0 Å². The lowest BCUT2D eigenvalue weighted by Crippen LogP contribution is -2.35. The van der Waals surface area contributed by atoms with Crippen LogP contribution in [0, 0.1) is 21.3 Å². The van der Waals surface area contributed by atoms with E-state index >= 15 is 0 Å². The van der Waals surface area contributed by atoms with Crippen molar-refractivity contribution in [3.05, 3.63) is 92.8 Å². The number of benzene rings is 2. The summed E-state index contributed by atoms with van der Waals surface area (Å²) >= 11 is 2.10. The van der Waals surface area contributed by atoms with Crippen LogP contribution in [0.5, 0.6) is 17.2 Å². The summed E-state index contributed by atoms with van der Waals surface area (Å²) in [6, 6.07) is 19.2. The first kappa shape index (κ1) is 29.4. The molecule has 2 aliphatic heterocycles. The number of fused-ring (bicyclic) bond motifs is 3. The third-order valence-electron chi connectivity index (χ3n) is 8.67. The Hall–Kier alpha value is -3.70. The van der Waals surface area contributed by atoms with Gasteiger partial charge in [0.1, 0.15) is 12.4 Å². The highest BCUT2D eigenvalue weighted by molar-refractivity contribution is 14.1. The number of hydrogen-bond acceptors (Lipinski definition) is 7. The quantitative estimate of drug-likeness (QED) is 0.174. The third-order valence-corrected chi connectivity index (χ3v) is 9.49. The minimum absolute atomic E-state index is 0.114. The number of para-hydroxylation sites is 1. The SMILES string of the molecule is COc1cc(/C=C(/CC[C@H]2OC[C@H]3C2=C(COc2ccccc2)C[C@H]2C(=O)N(C)C(=O)[C@H]23)c2ccccn2)cc(I)c1O. The number of carbonyl (C=O) groups is 2. The Morgan fingerprint density at radius 2 is 1.91 bits per heavy atom. The fourth-order valence-electron chi connectivity index (χ4n) is 6.60. The number of methoxy groups -OCH3 is 1. The first-order valence-corrected chi connectivity index (χ1v) is 15.4. The topological polar surface area (TPSA) is 98.2 Å². The first-order chi connectivity index (χ1) is 20.9. The number of halogens is 1. The Morgan fingerprint density at radius 3 is 2.65 bits per heavy atom. The van der Waals surface area contributed by atoms with E-state index in [0.29, 0.717) is 41.8 Å². The van der Waals surface area contributed by atoms with Crippen LogP contribution in [0.3, 0.4) is 0 Å². The number of aromatic nitrogens is 1. The Morgan fingerprint density at radius 1 is 1.12 bits per heavy atom.